The molecule has 0 saturated heterocycles. The zero-order chi connectivity index (χ0) is 16.5. The number of anilines is 1. The Labute approximate surface area is 139 Å². The van der Waals surface area contributed by atoms with Crippen molar-refractivity contribution in [3.05, 3.63) is 47.9 Å². The number of benzene rings is 1. The van der Waals surface area contributed by atoms with Crippen LogP contribution >= 0.6 is 0 Å². The number of nitrogens with zero attached hydrogens (tertiary/aromatic N) is 4. The Kier molecular flexibility index (Phi) is 3.53. The van der Waals surface area contributed by atoms with Crippen LogP contribution < -0.4 is 14.8 Å². The summed E-state index contributed by atoms with van der Waals surface area (Å²) < 4.78 is 12.5. The van der Waals surface area contributed by atoms with Crippen molar-refractivity contribution in [1.82, 2.24) is 19.7 Å². The Balaban J connectivity index is 1.51. The van der Waals surface area contributed by atoms with Gasteiger partial charge in [-0.15, -0.1) is 0 Å². The number of fused-ring (bicyclic) bond motifs is 1. The summed E-state index contributed by atoms with van der Waals surface area (Å²) in [5.41, 5.74) is 3.87. The van der Waals surface area contributed by atoms with E-state index in [0.29, 0.717) is 12.5 Å². The molecule has 7 heteroatoms. The molecule has 1 aromatic carbocycles. The molecular formula is C17H17N5O2. The maximum atomic E-state index is 5.39. The summed E-state index contributed by atoms with van der Waals surface area (Å²) in [6, 6.07) is 7.76. The summed E-state index contributed by atoms with van der Waals surface area (Å²) in [5, 5.41) is 7.60. The van der Waals surface area contributed by atoms with Gasteiger partial charge in [-0.1, -0.05) is 6.07 Å². The first-order chi connectivity index (χ1) is 11.7. The smallest absolute Gasteiger partial charge is 0.231 e. The van der Waals surface area contributed by atoms with E-state index in [1.807, 2.05) is 44.4 Å². The second kappa shape index (κ2) is 5.84. The van der Waals surface area contributed by atoms with Gasteiger partial charge in [0.05, 0.1) is 11.4 Å². The van der Waals surface area contributed by atoms with Crippen molar-refractivity contribution in [1.29, 1.82) is 0 Å². The molecule has 0 radical (unpaired) electrons. The summed E-state index contributed by atoms with van der Waals surface area (Å²) in [7, 11) is 1.90. The minimum absolute atomic E-state index is 0.280. The number of aromatic nitrogens is 4. The third kappa shape index (κ3) is 2.76. The minimum atomic E-state index is 0.280. The molecule has 3 heterocycles. The number of hydrogen-bond donors (Lipinski definition) is 1. The van der Waals surface area contributed by atoms with Gasteiger partial charge < -0.3 is 14.8 Å². The Bertz CT molecular complexity index is 890. The lowest BCUT2D eigenvalue weighted by Gasteiger charge is -2.07. The van der Waals surface area contributed by atoms with E-state index in [9.17, 15) is 0 Å². The molecule has 0 fully saturated rings. The van der Waals surface area contributed by atoms with Gasteiger partial charge in [-0.2, -0.15) is 5.10 Å². The highest BCUT2D eigenvalue weighted by atomic mass is 16.7. The van der Waals surface area contributed by atoms with Gasteiger partial charge in [-0.3, -0.25) is 4.68 Å². The predicted octanol–water partition coefficient (Wildman–Crippen LogP) is 2.53. The Morgan fingerprint density at radius 3 is 2.92 bits per heavy atom. The second-order valence-corrected chi connectivity index (χ2v) is 5.61. The standard InChI is InChI=1S/C17H17N5O2/c1-11-13(9-22(2)21-11)14-5-6-18-17(20-14)19-8-12-3-4-15-16(7-12)24-10-23-15/h3-7,9H,8,10H2,1-2H3,(H,18,19,20). The lowest BCUT2D eigenvalue weighted by molar-refractivity contribution is 0.174. The Morgan fingerprint density at radius 1 is 1.21 bits per heavy atom. The zero-order valence-corrected chi connectivity index (χ0v) is 13.5. The Hall–Kier alpha value is -3.09. The van der Waals surface area contributed by atoms with Crippen molar-refractivity contribution in [3.8, 4) is 22.8 Å². The van der Waals surface area contributed by atoms with Gasteiger partial charge in [0.1, 0.15) is 0 Å². The van der Waals surface area contributed by atoms with Crippen LogP contribution in [0.4, 0.5) is 5.95 Å². The molecule has 24 heavy (non-hydrogen) atoms. The van der Waals surface area contributed by atoms with E-state index in [1.165, 1.54) is 0 Å². The normalized spacial score (nSPS) is 12.4. The third-order valence-electron chi connectivity index (χ3n) is 3.83. The summed E-state index contributed by atoms with van der Waals surface area (Å²) in [4.78, 5) is 8.86. The highest BCUT2D eigenvalue weighted by Gasteiger charge is 2.13. The quantitative estimate of drug-likeness (QED) is 0.795. The number of ether oxygens (including phenoxy) is 2. The molecule has 0 unspecified atom stereocenters. The van der Waals surface area contributed by atoms with Crippen molar-refractivity contribution >= 4 is 5.95 Å². The molecule has 0 amide bonds. The molecular weight excluding hydrogens is 306 g/mol. The predicted molar refractivity (Wildman–Crippen MR) is 88.9 cm³/mol. The van der Waals surface area contributed by atoms with E-state index < -0.39 is 0 Å². The van der Waals surface area contributed by atoms with Crippen LogP contribution in [0.3, 0.4) is 0 Å². The number of nitrogens with one attached hydrogen (secondary N) is 1. The number of rotatable bonds is 4. The van der Waals surface area contributed by atoms with E-state index in [-0.39, 0.29) is 6.79 Å². The van der Waals surface area contributed by atoms with Crippen LogP contribution in [-0.2, 0) is 13.6 Å². The molecule has 0 saturated carbocycles. The van der Waals surface area contributed by atoms with Crippen LogP contribution in [0.25, 0.3) is 11.3 Å². The molecule has 1 aliphatic rings. The van der Waals surface area contributed by atoms with E-state index in [4.69, 9.17) is 9.47 Å². The van der Waals surface area contributed by atoms with Gasteiger partial charge >= 0.3 is 0 Å². The molecule has 1 N–H and O–H groups in total. The van der Waals surface area contributed by atoms with Gasteiger partial charge in [0.2, 0.25) is 12.7 Å². The van der Waals surface area contributed by atoms with Gasteiger partial charge in [0.15, 0.2) is 11.5 Å². The summed E-state index contributed by atoms with van der Waals surface area (Å²) in [6.45, 7) is 2.85. The third-order valence-corrected chi connectivity index (χ3v) is 3.83. The molecule has 2 aromatic heterocycles. The topological polar surface area (TPSA) is 74.1 Å². The van der Waals surface area contributed by atoms with Crippen LogP contribution in [0.15, 0.2) is 36.7 Å². The molecule has 7 nitrogen and oxygen atoms in total. The summed E-state index contributed by atoms with van der Waals surface area (Å²) in [5.74, 6) is 2.13. The fraction of sp³-hybridized carbons (Fsp3) is 0.235. The van der Waals surface area contributed by atoms with Crippen LogP contribution in [0.5, 0.6) is 11.5 Å². The van der Waals surface area contributed by atoms with Crippen LogP contribution in [0, 0.1) is 6.92 Å². The van der Waals surface area contributed by atoms with Gasteiger partial charge in [-0.25, -0.2) is 9.97 Å². The number of aryl methyl sites for hydroxylation is 2. The molecule has 122 valence electrons. The van der Waals surface area contributed by atoms with Crippen LogP contribution in [0.2, 0.25) is 0 Å². The highest BCUT2D eigenvalue weighted by Crippen LogP contribution is 2.32. The first kappa shape index (κ1) is 14.5. The first-order valence-electron chi connectivity index (χ1n) is 7.65. The maximum Gasteiger partial charge on any atom is 0.231 e. The highest BCUT2D eigenvalue weighted by molar-refractivity contribution is 5.61. The van der Waals surface area contributed by atoms with Crippen molar-refractivity contribution < 1.29 is 9.47 Å². The van der Waals surface area contributed by atoms with Crippen molar-refractivity contribution in [2.75, 3.05) is 12.1 Å². The fourth-order valence-electron chi connectivity index (χ4n) is 2.68. The lowest BCUT2D eigenvalue weighted by Crippen LogP contribution is -2.04. The van der Waals surface area contributed by atoms with Crippen molar-refractivity contribution in [3.63, 3.8) is 0 Å². The van der Waals surface area contributed by atoms with E-state index in [2.05, 4.69) is 20.4 Å². The monoisotopic (exact) mass is 323 g/mol. The van der Waals surface area contributed by atoms with E-state index in [0.717, 1.165) is 34.0 Å². The molecule has 3 aromatic rings. The van der Waals surface area contributed by atoms with E-state index >= 15 is 0 Å². The van der Waals surface area contributed by atoms with Gasteiger partial charge in [0, 0.05) is 31.5 Å². The summed E-state index contributed by atoms with van der Waals surface area (Å²) >= 11 is 0. The fourth-order valence-corrected chi connectivity index (χ4v) is 2.68. The molecule has 0 bridgehead atoms. The average molecular weight is 323 g/mol. The van der Waals surface area contributed by atoms with Crippen LogP contribution in [-0.4, -0.2) is 26.5 Å². The lowest BCUT2D eigenvalue weighted by atomic mass is 10.2. The Morgan fingerprint density at radius 2 is 2.08 bits per heavy atom. The second-order valence-electron chi connectivity index (χ2n) is 5.61. The average Bonchev–Trinajstić information content (AvgIpc) is 3.18. The zero-order valence-electron chi connectivity index (χ0n) is 13.5. The molecule has 1 aliphatic heterocycles. The first-order valence-corrected chi connectivity index (χ1v) is 7.65. The van der Waals surface area contributed by atoms with Gasteiger partial charge in [0.25, 0.3) is 0 Å². The van der Waals surface area contributed by atoms with E-state index in [1.54, 1.807) is 10.9 Å². The summed E-state index contributed by atoms with van der Waals surface area (Å²) in [6.07, 6.45) is 3.70. The maximum absolute atomic E-state index is 5.39. The van der Waals surface area contributed by atoms with Gasteiger partial charge in [-0.05, 0) is 30.7 Å². The molecule has 0 spiro atoms. The molecule has 4 rings (SSSR count). The number of hydrogen-bond acceptors (Lipinski definition) is 6. The molecule has 0 aliphatic carbocycles. The SMILES string of the molecule is Cc1nn(C)cc1-c1ccnc(NCc2ccc3c(c2)OCO3)n1. The largest absolute Gasteiger partial charge is 0.454 e. The molecule has 0 atom stereocenters. The van der Waals surface area contributed by atoms with Crippen LogP contribution in [0.1, 0.15) is 11.3 Å². The van der Waals surface area contributed by atoms with Crippen molar-refractivity contribution in [2.45, 2.75) is 13.5 Å². The van der Waals surface area contributed by atoms with Crippen molar-refractivity contribution in [2.24, 2.45) is 7.05 Å². The minimum Gasteiger partial charge on any atom is -0.454 e.